The highest BCUT2D eigenvalue weighted by molar-refractivity contribution is 5.83. The molecule has 7 nitrogen and oxygen atoms in total. The zero-order chi connectivity index (χ0) is 16.7. The molecule has 0 fully saturated rings. The van der Waals surface area contributed by atoms with E-state index in [9.17, 15) is 4.79 Å². The van der Waals surface area contributed by atoms with Gasteiger partial charge in [0.2, 0.25) is 0 Å². The van der Waals surface area contributed by atoms with Crippen molar-refractivity contribution in [1.82, 2.24) is 29.7 Å². The Morgan fingerprint density at radius 3 is 2.79 bits per heavy atom. The molecular formula is C17H14N6O. The molecule has 4 rings (SSSR count). The lowest BCUT2D eigenvalue weighted by molar-refractivity contribution is 0.840. The summed E-state index contributed by atoms with van der Waals surface area (Å²) >= 11 is 0. The van der Waals surface area contributed by atoms with E-state index in [1.54, 1.807) is 23.9 Å². The van der Waals surface area contributed by atoms with E-state index < -0.39 is 0 Å². The third kappa shape index (κ3) is 2.45. The van der Waals surface area contributed by atoms with Gasteiger partial charge in [-0.1, -0.05) is 6.07 Å². The maximum absolute atomic E-state index is 12.1. The van der Waals surface area contributed by atoms with Crippen LogP contribution in [0.5, 0.6) is 0 Å². The van der Waals surface area contributed by atoms with Crippen LogP contribution in [0.3, 0.4) is 0 Å². The fourth-order valence-electron chi connectivity index (χ4n) is 2.58. The van der Waals surface area contributed by atoms with Gasteiger partial charge in [0.05, 0.1) is 22.8 Å². The molecule has 0 amide bonds. The minimum Gasteiger partial charge on any atom is -0.310 e. The number of hydrogen-bond acceptors (Lipinski definition) is 5. The van der Waals surface area contributed by atoms with Crippen molar-refractivity contribution >= 4 is 10.9 Å². The number of fused-ring (bicyclic) bond motifs is 1. The largest absolute Gasteiger partial charge is 0.310 e. The van der Waals surface area contributed by atoms with Crippen LogP contribution in [-0.2, 0) is 0 Å². The second kappa shape index (κ2) is 5.38. The van der Waals surface area contributed by atoms with Gasteiger partial charge in [-0.25, -0.2) is 19.6 Å². The van der Waals surface area contributed by atoms with Crippen molar-refractivity contribution in [2.45, 2.75) is 13.8 Å². The van der Waals surface area contributed by atoms with Crippen LogP contribution in [0.25, 0.3) is 28.0 Å². The third-order valence-corrected chi connectivity index (χ3v) is 3.72. The van der Waals surface area contributed by atoms with Crippen molar-refractivity contribution in [2.24, 2.45) is 0 Å². The van der Waals surface area contributed by atoms with E-state index in [2.05, 4.69) is 25.0 Å². The van der Waals surface area contributed by atoms with Gasteiger partial charge in [0.25, 0.3) is 5.56 Å². The van der Waals surface area contributed by atoms with Gasteiger partial charge in [-0.15, -0.1) is 0 Å². The number of aromatic nitrogens is 6. The Labute approximate surface area is 137 Å². The SMILES string of the molecule is Cc1cnn(-c2cc(-c3ccc4nc(C)[nH]c(=O)c4c3)ncn2)c1. The van der Waals surface area contributed by atoms with Gasteiger partial charge >= 0.3 is 0 Å². The first-order chi connectivity index (χ1) is 11.6. The van der Waals surface area contributed by atoms with E-state index >= 15 is 0 Å². The number of aromatic amines is 1. The number of hydrogen-bond donors (Lipinski definition) is 1. The van der Waals surface area contributed by atoms with Crippen LogP contribution in [0, 0.1) is 13.8 Å². The van der Waals surface area contributed by atoms with Crippen LogP contribution in [-0.4, -0.2) is 29.7 Å². The summed E-state index contributed by atoms with van der Waals surface area (Å²) in [5.74, 6) is 1.27. The Balaban J connectivity index is 1.84. The van der Waals surface area contributed by atoms with E-state index in [1.165, 1.54) is 6.33 Å². The molecule has 118 valence electrons. The summed E-state index contributed by atoms with van der Waals surface area (Å²) in [6.45, 7) is 3.73. The van der Waals surface area contributed by atoms with Gasteiger partial charge in [-0.2, -0.15) is 5.10 Å². The molecule has 0 saturated heterocycles. The molecule has 3 aromatic heterocycles. The molecule has 1 aromatic carbocycles. The molecule has 4 aromatic rings. The fraction of sp³-hybridized carbons (Fsp3) is 0.118. The molecule has 0 aliphatic heterocycles. The maximum atomic E-state index is 12.1. The average Bonchev–Trinajstić information content (AvgIpc) is 3.01. The molecule has 0 atom stereocenters. The smallest absolute Gasteiger partial charge is 0.258 e. The first-order valence-electron chi connectivity index (χ1n) is 7.45. The summed E-state index contributed by atoms with van der Waals surface area (Å²) in [4.78, 5) is 27.7. The minimum atomic E-state index is -0.156. The van der Waals surface area contributed by atoms with E-state index in [0.29, 0.717) is 22.5 Å². The van der Waals surface area contributed by atoms with Crippen molar-refractivity contribution in [3.05, 3.63) is 64.7 Å². The van der Waals surface area contributed by atoms with E-state index in [4.69, 9.17) is 0 Å². The fourth-order valence-corrected chi connectivity index (χ4v) is 2.58. The monoisotopic (exact) mass is 318 g/mol. The third-order valence-electron chi connectivity index (χ3n) is 3.72. The highest BCUT2D eigenvalue weighted by Gasteiger charge is 2.08. The lowest BCUT2D eigenvalue weighted by Gasteiger charge is -2.05. The van der Waals surface area contributed by atoms with Crippen molar-refractivity contribution in [1.29, 1.82) is 0 Å². The number of rotatable bonds is 2. The van der Waals surface area contributed by atoms with E-state index in [1.807, 2.05) is 31.3 Å². The maximum Gasteiger partial charge on any atom is 0.258 e. The highest BCUT2D eigenvalue weighted by Crippen LogP contribution is 2.21. The Morgan fingerprint density at radius 1 is 1.12 bits per heavy atom. The average molecular weight is 318 g/mol. The quantitative estimate of drug-likeness (QED) is 0.612. The van der Waals surface area contributed by atoms with Gasteiger partial charge in [0, 0.05) is 17.8 Å². The first-order valence-corrected chi connectivity index (χ1v) is 7.45. The van der Waals surface area contributed by atoms with Crippen molar-refractivity contribution < 1.29 is 0 Å². The molecule has 1 N–H and O–H groups in total. The van der Waals surface area contributed by atoms with Gasteiger partial charge in [-0.05, 0) is 31.5 Å². The Kier molecular flexibility index (Phi) is 3.19. The second-order valence-corrected chi connectivity index (χ2v) is 5.61. The van der Waals surface area contributed by atoms with E-state index in [-0.39, 0.29) is 5.56 Å². The number of aryl methyl sites for hydroxylation is 2. The summed E-state index contributed by atoms with van der Waals surface area (Å²) < 4.78 is 1.69. The Bertz CT molecular complexity index is 1110. The van der Waals surface area contributed by atoms with Crippen LogP contribution < -0.4 is 5.56 Å². The predicted molar refractivity (Wildman–Crippen MR) is 90.0 cm³/mol. The Morgan fingerprint density at radius 2 is 2.00 bits per heavy atom. The molecule has 0 aliphatic carbocycles. The molecule has 0 bridgehead atoms. The van der Waals surface area contributed by atoms with Crippen molar-refractivity contribution in [2.75, 3.05) is 0 Å². The molecule has 0 radical (unpaired) electrons. The van der Waals surface area contributed by atoms with E-state index in [0.717, 1.165) is 16.8 Å². The molecule has 0 aliphatic rings. The van der Waals surface area contributed by atoms with Crippen molar-refractivity contribution in [3.8, 4) is 17.1 Å². The standard InChI is InChI=1S/C17H14N6O/c1-10-7-20-23(8-10)16-6-15(18-9-19-16)12-3-4-14-13(5-12)17(24)22-11(2)21-14/h3-9H,1-2H3,(H,21,22,24). The lowest BCUT2D eigenvalue weighted by atomic mass is 10.1. The van der Waals surface area contributed by atoms with Gasteiger partial charge < -0.3 is 4.98 Å². The normalized spacial score (nSPS) is 11.1. The zero-order valence-electron chi connectivity index (χ0n) is 13.2. The van der Waals surface area contributed by atoms with Gasteiger partial charge in [-0.3, -0.25) is 4.79 Å². The zero-order valence-corrected chi connectivity index (χ0v) is 13.2. The van der Waals surface area contributed by atoms with Crippen molar-refractivity contribution in [3.63, 3.8) is 0 Å². The van der Waals surface area contributed by atoms with Gasteiger partial charge in [0.15, 0.2) is 5.82 Å². The molecule has 7 heteroatoms. The second-order valence-electron chi connectivity index (χ2n) is 5.61. The molecule has 3 heterocycles. The number of H-pyrrole nitrogens is 1. The minimum absolute atomic E-state index is 0.156. The molecule has 24 heavy (non-hydrogen) atoms. The van der Waals surface area contributed by atoms with Crippen LogP contribution in [0.1, 0.15) is 11.4 Å². The van der Waals surface area contributed by atoms with Gasteiger partial charge in [0.1, 0.15) is 12.2 Å². The number of nitrogens with one attached hydrogen (secondary N) is 1. The summed E-state index contributed by atoms with van der Waals surface area (Å²) in [7, 11) is 0. The first kappa shape index (κ1) is 14.3. The Hall–Kier alpha value is -3.35. The molecule has 0 saturated carbocycles. The molecular weight excluding hydrogens is 304 g/mol. The van der Waals surface area contributed by atoms with Crippen LogP contribution in [0.2, 0.25) is 0 Å². The topological polar surface area (TPSA) is 89.4 Å². The lowest BCUT2D eigenvalue weighted by Crippen LogP contribution is -2.09. The van der Waals surface area contributed by atoms with Crippen LogP contribution >= 0.6 is 0 Å². The molecule has 0 unspecified atom stereocenters. The van der Waals surface area contributed by atoms with Crippen LogP contribution in [0.4, 0.5) is 0 Å². The molecule has 0 spiro atoms. The highest BCUT2D eigenvalue weighted by atomic mass is 16.1. The number of nitrogens with zero attached hydrogens (tertiary/aromatic N) is 5. The predicted octanol–water partition coefficient (Wildman–Crippen LogP) is 2.18. The number of benzene rings is 1. The van der Waals surface area contributed by atoms with Crippen LogP contribution in [0.15, 0.2) is 47.8 Å². The summed E-state index contributed by atoms with van der Waals surface area (Å²) in [6.07, 6.45) is 5.15. The summed E-state index contributed by atoms with van der Waals surface area (Å²) in [5, 5.41) is 4.79. The summed E-state index contributed by atoms with van der Waals surface area (Å²) in [5.41, 5.74) is 3.10. The summed E-state index contributed by atoms with van der Waals surface area (Å²) in [6, 6.07) is 7.35.